The van der Waals surface area contributed by atoms with Crippen molar-refractivity contribution in [2.24, 2.45) is 0 Å². The van der Waals surface area contributed by atoms with Gasteiger partial charge in [0.15, 0.2) is 0 Å². The normalized spacial score (nSPS) is 11.7. The molecule has 0 bridgehead atoms. The molecule has 8 heteroatoms. The predicted molar refractivity (Wildman–Crippen MR) is 75.3 cm³/mol. The van der Waals surface area contributed by atoms with E-state index in [1.165, 1.54) is 17.4 Å². The second-order valence-corrected chi connectivity index (χ2v) is 6.55. The monoisotopic (exact) mass is 315 g/mol. The Labute approximate surface area is 120 Å². The second kappa shape index (κ2) is 6.40. The van der Waals surface area contributed by atoms with E-state index in [9.17, 15) is 12.8 Å². The molecule has 20 heavy (non-hydrogen) atoms. The Balaban J connectivity index is 2.21. The molecule has 0 fully saturated rings. The molecule has 0 aliphatic heterocycles. The number of rotatable bonds is 6. The lowest BCUT2D eigenvalue weighted by atomic mass is 10.2. The largest absolute Gasteiger partial charge is 0.316 e. The number of nitrogens with zero attached hydrogens (tertiary/aromatic N) is 1. The fourth-order valence-corrected chi connectivity index (χ4v) is 3.32. The number of aromatic nitrogens is 1. The van der Waals surface area contributed by atoms with Crippen LogP contribution in [0.15, 0.2) is 34.0 Å². The maximum absolute atomic E-state index is 13.7. The SMILES string of the molecule is CNCc1ccc(F)c(S(=O)(=O)NCc2cscn2)c1. The number of hydrogen-bond acceptors (Lipinski definition) is 5. The third-order valence-electron chi connectivity index (χ3n) is 2.59. The van der Waals surface area contributed by atoms with Crippen LogP contribution in [0.2, 0.25) is 0 Å². The van der Waals surface area contributed by atoms with E-state index >= 15 is 0 Å². The van der Waals surface area contributed by atoms with E-state index in [2.05, 4.69) is 15.0 Å². The molecule has 2 rings (SSSR count). The molecule has 0 spiro atoms. The molecule has 0 radical (unpaired) electrons. The summed E-state index contributed by atoms with van der Waals surface area (Å²) in [6.07, 6.45) is 0. The number of sulfonamides is 1. The summed E-state index contributed by atoms with van der Waals surface area (Å²) in [6.45, 7) is 0.510. The quantitative estimate of drug-likeness (QED) is 0.847. The standard InChI is InChI=1S/C12H14FN3O2S2/c1-14-5-9-2-3-11(13)12(4-9)20(17,18)16-6-10-7-19-8-15-10/h2-4,7-8,14,16H,5-6H2,1H3. The van der Waals surface area contributed by atoms with E-state index in [1.54, 1.807) is 24.0 Å². The Bertz CT molecular complexity index is 672. The molecule has 0 saturated heterocycles. The minimum Gasteiger partial charge on any atom is -0.316 e. The van der Waals surface area contributed by atoms with Crippen molar-refractivity contribution in [1.29, 1.82) is 0 Å². The van der Waals surface area contributed by atoms with Crippen LogP contribution in [-0.2, 0) is 23.1 Å². The van der Waals surface area contributed by atoms with Gasteiger partial charge in [-0.1, -0.05) is 6.07 Å². The first-order valence-corrected chi connectivity index (χ1v) is 8.25. The summed E-state index contributed by atoms with van der Waals surface area (Å²) < 4.78 is 40.3. The summed E-state index contributed by atoms with van der Waals surface area (Å²) in [5, 5.41) is 4.62. The van der Waals surface area contributed by atoms with Gasteiger partial charge in [0.05, 0.1) is 17.7 Å². The molecule has 1 heterocycles. The number of hydrogen-bond donors (Lipinski definition) is 2. The van der Waals surface area contributed by atoms with Crippen molar-refractivity contribution in [1.82, 2.24) is 15.0 Å². The van der Waals surface area contributed by atoms with Gasteiger partial charge in [-0.05, 0) is 24.7 Å². The summed E-state index contributed by atoms with van der Waals surface area (Å²) in [7, 11) is -2.16. The molecule has 0 aliphatic rings. The number of nitrogens with one attached hydrogen (secondary N) is 2. The van der Waals surface area contributed by atoms with Crippen LogP contribution >= 0.6 is 11.3 Å². The van der Waals surface area contributed by atoms with Gasteiger partial charge in [-0.2, -0.15) is 0 Å². The third kappa shape index (κ3) is 3.60. The number of halogens is 1. The van der Waals surface area contributed by atoms with Crippen LogP contribution in [0, 0.1) is 5.82 Å². The smallest absolute Gasteiger partial charge is 0.243 e. The highest BCUT2D eigenvalue weighted by atomic mass is 32.2. The lowest BCUT2D eigenvalue weighted by Gasteiger charge is -2.08. The molecule has 2 aromatic rings. The van der Waals surface area contributed by atoms with Crippen molar-refractivity contribution in [3.8, 4) is 0 Å². The van der Waals surface area contributed by atoms with E-state index in [0.29, 0.717) is 17.8 Å². The van der Waals surface area contributed by atoms with Crippen molar-refractivity contribution >= 4 is 21.4 Å². The van der Waals surface area contributed by atoms with E-state index < -0.39 is 15.8 Å². The van der Waals surface area contributed by atoms with Gasteiger partial charge in [-0.25, -0.2) is 22.5 Å². The summed E-state index contributed by atoms with van der Waals surface area (Å²) >= 11 is 1.37. The van der Waals surface area contributed by atoms with Crippen LogP contribution in [0.25, 0.3) is 0 Å². The van der Waals surface area contributed by atoms with Crippen LogP contribution in [0.5, 0.6) is 0 Å². The Morgan fingerprint density at radius 1 is 1.35 bits per heavy atom. The Morgan fingerprint density at radius 3 is 2.80 bits per heavy atom. The van der Waals surface area contributed by atoms with Gasteiger partial charge in [0.25, 0.3) is 0 Å². The van der Waals surface area contributed by atoms with Gasteiger partial charge in [-0.15, -0.1) is 11.3 Å². The fraction of sp³-hybridized carbons (Fsp3) is 0.250. The Morgan fingerprint density at radius 2 is 2.15 bits per heavy atom. The van der Waals surface area contributed by atoms with Gasteiger partial charge < -0.3 is 5.32 Å². The maximum Gasteiger partial charge on any atom is 0.243 e. The fourth-order valence-electron chi connectivity index (χ4n) is 1.64. The lowest BCUT2D eigenvalue weighted by molar-refractivity contribution is 0.555. The van der Waals surface area contributed by atoms with Crippen molar-refractivity contribution < 1.29 is 12.8 Å². The van der Waals surface area contributed by atoms with Crippen LogP contribution in [-0.4, -0.2) is 20.4 Å². The Kier molecular flexibility index (Phi) is 4.81. The predicted octanol–water partition coefficient (Wildman–Crippen LogP) is 1.48. The van der Waals surface area contributed by atoms with E-state index in [0.717, 1.165) is 6.07 Å². The van der Waals surface area contributed by atoms with Crippen molar-refractivity contribution in [2.45, 2.75) is 18.0 Å². The highest BCUT2D eigenvalue weighted by Gasteiger charge is 2.19. The first-order valence-electron chi connectivity index (χ1n) is 5.82. The molecular weight excluding hydrogens is 301 g/mol. The first kappa shape index (κ1) is 15.0. The summed E-state index contributed by atoms with van der Waals surface area (Å²) in [5.41, 5.74) is 2.91. The molecule has 1 aromatic carbocycles. The summed E-state index contributed by atoms with van der Waals surface area (Å²) in [5.74, 6) is -0.768. The van der Waals surface area contributed by atoms with Gasteiger partial charge in [0.1, 0.15) is 10.7 Å². The molecule has 108 valence electrons. The van der Waals surface area contributed by atoms with E-state index in [1.807, 2.05) is 0 Å². The van der Waals surface area contributed by atoms with Crippen molar-refractivity contribution in [3.63, 3.8) is 0 Å². The minimum absolute atomic E-state index is 0.0432. The molecule has 0 amide bonds. The van der Waals surface area contributed by atoms with Gasteiger partial charge in [-0.3, -0.25) is 0 Å². The van der Waals surface area contributed by atoms with E-state index in [-0.39, 0.29) is 11.4 Å². The lowest BCUT2D eigenvalue weighted by Crippen LogP contribution is -2.24. The topological polar surface area (TPSA) is 71.1 Å². The van der Waals surface area contributed by atoms with Crippen molar-refractivity contribution in [3.05, 3.63) is 46.2 Å². The number of benzene rings is 1. The molecule has 2 N–H and O–H groups in total. The second-order valence-electron chi connectivity index (χ2n) is 4.10. The highest BCUT2D eigenvalue weighted by Crippen LogP contribution is 2.17. The zero-order valence-electron chi connectivity index (χ0n) is 10.8. The summed E-state index contributed by atoms with van der Waals surface area (Å²) in [4.78, 5) is 3.62. The van der Waals surface area contributed by atoms with Gasteiger partial charge >= 0.3 is 0 Å². The van der Waals surface area contributed by atoms with Crippen LogP contribution in [0.4, 0.5) is 4.39 Å². The summed E-state index contributed by atoms with van der Waals surface area (Å²) in [6, 6.07) is 4.03. The van der Waals surface area contributed by atoms with Crippen LogP contribution in [0.3, 0.4) is 0 Å². The average molecular weight is 315 g/mol. The minimum atomic E-state index is -3.90. The zero-order chi connectivity index (χ0) is 14.6. The molecule has 0 saturated carbocycles. The molecule has 0 unspecified atom stereocenters. The van der Waals surface area contributed by atoms with Crippen molar-refractivity contribution in [2.75, 3.05) is 7.05 Å². The molecule has 0 atom stereocenters. The molecule has 5 nitrogen and oxygen atoms in total. The van der Waals surface area contributed by atoms with Gasteiger partial charge in [0, 0.05) is 11.9 Å². The third-order valence-corrected chi connectivity index (χ3v) is 4.64. The zero-order valence-corrected chi connectivity index (χ0v) is 12.4. The van der Waals surface area contributed by atoms with Crippen LogP contribution in [0.1, 0.15) is 11.3 Å². The molecular formula is C12H14FN3O2S2. The first-order chi connectivity index (χ1) is 9.53. The molecule has 0 aliphatic carbocycles. The Hall–Kier alpha value is -1.35. The average Bonchev–Trinajstić information content (AvgIpc) is 2.92. The van der Waals surface area contributed by atoms with Gasteiger partial charge in [0.2, 0.25) is 10.0 Å². The highest BCUT2D eigenvalue weighted by molar-refractivity contribution is 7.89. The number of thiazole rings is 1. The molecule has 1 aromatic heterocycles. The maximum atomic E-state index is 13.7. The van der Waals surface area contributed by atoms with Crippen LogP contribution < -0.4 is 10.0 Å². The van der Waals surface area contributed by atoms with E-state index in [4.69, 9.17) is 0 Å².